The molecule has 0 aliphatic heterocycles. The molecule has 0 amide bonds. The minimum atomic E-state index is -0.278. The van der Waals surface area contributed by atoms with Crippen molar-refractivity contribution < 1.29 is 9.53 Å². The van der Waals surface area contributed by atoms with Crippen LogP contribution in [0, 0.1) is 13.8 Å². The molecule has 0 saturated heterocycles. The van der Waals surface area contributed by atoms with E-state index in [1.807, 2.05) is 38.1 Å². The van der Waals surface area contributed by atoms with E-state index in [9.17, 15) is 4.79 Å². The van der Waals surface area contributed by atoms with E-state index in [0.29, 0.717) is 18.0 Å². The lowest BCUT2D eigenvalue weighted by atomic mass is 9.96. The summed E-state index contributed by atoms with van der Waals surface area (Å²) in [6.07, 6.45) is 1.83. The van der Waals surface area contributed by atoms with Crippen molar-refractivity contribution in [1.29, 1.82) is 0 Å². The zero-order valence-electron chi connectivity index (χ0n) is 12.6. The lowest BCUT2D eigenvalue weighted by molar-refractivity contribution is -0.142. The molecule has 0 unspecified atom stereocenters. The van der Waals surface area contributed by atoms with Crippen LogP contribution in [-0.2, 0) is 16.0 Å². The second-order valence-corrected chi connectivity index (χ2v) is 5.00. The fraction of sp³-hybridized carbons (Fsp3) is 0.294. The summed E-state index contributed by atoms with van der Waals surface area (Å²) < 4.78 is 5.00. The maximum Gasteiger partial charge on any atom is 0.311 e. The van der Waals surface area contributed by atoms with Crippen molar-refractivity contribution in [2.24, 2.45) is 0 Å². The van der Waals surface area contributed by atoms with Crippen LogP contribution in [0.3, 0.4) is 0 Å². The van der Waals surface area contributed by atoms with Gasteiger partial charge in [-0.15, -0.1) is 0 Å². The second kappa shape index (κ2) is 6.39. The predicted molar refractivity (Wildman–Crippen MR) is 83.9 cm³/mol. The molecule has 0 atom stereocenters. The number of aromatic nitrogens is 1. The number of esters is 1. The number of aryl methyl sites for hydroxylation is 2. The standard InChI is InChI=1S/C17H20N2O2/c1-4-21-17(20)10-16-13(6-5-7-19-16)14-8-11(2)12(3)9-15(14)18/h5-9H,4,10,18H2,1-3H3. The first-order chi connectivity index (χ1) is 10.0. The smallest absolute Gasteiger partial charge is 0.311 e. The molecular weight excluding hydrogens is 264 g/mol. The van der Waals surface area contributed by atoms with Gasteiger partial charge in [0.15, 0.2) is 0 Å². The number of anilines is 1. The van der Waals surface area contributed by atoms with Gasteiger partial charge in [0.1, 0.15) is 0 Å². The summed E-state index contributed by atoms with van der Waals surface area (Å²) in [6, 6.07) is 7.77. The molecule has 110 valence electrons. The third-order valence-corrected chi connectivity index (χ3v) is 3.46. The lowest BCUT2D eigenvalue weighted by Gasteiger charge is -2.13. The minimum absolute atomic E-state index is 0.149. The van der Waals surface area contributed by atoms with Gasteiger partial charge in [0.2, 0.25) is 0 Å². The number of carbonyl (C=O) groups is 1. The molecule has 0 aliphatic rings. The normalized spacial score (nSPS) is 10.4. The average molecular weight is 284 g/mol. The Morgan fingerprint density at radius 1 is 1.24 bits per heavy atom. The number of carbonyl (C=O) groups excluding carboxylic acids is 1. The molecule has 0 spiro atoms. The molecule has 1 aromatic carbocycles. The number of pyridine rings is 1. The van der Waals surface area contributed by atoms with Gasteiger partial charge >= 0.3 is 5.97 Å². The van der Waals surface area contributed by atoms with E-state index >= 15 is 0 Å². The van der Waals surface area contributed by atoms with E-state index in [4.69, 9.17) is 10.5 Å². The summed E-state index contributed by atoms with van der Waals surface area (Å²) in [4.78, 5) is 16.0. The first-order valence-corrected chi connectivity index (χ1v) is 6.99. The molecule has 0 saturated carbocycles. The second-order valence-electron chi connectivity index (χ2n) is 5.00. The summed E-state index contributed by atoms with van der Waals surface area (Å²) in [7, 11) is 0. The van der Waals surface area contributed by atoms with Crippen molar-refractivity contribution >= 4 is 11.7 Å². The van der Waals surface area contributed by atoms with Crippen LogP contribution < -0.4 is 5.73 Å². The van der Waals surface area contributed by atoms with Crippen molar-refractivity contribution in [3.05, 3.63) is 47.3 Å². The van der Waals surface area contributed by atoms with Crippen LogP contribution in [0.1, 0.15) is 23.7 Å². The van der Waals surface area contributed by atoms with E-state index in [1.165, 1.54) is 0 Å². The predicted octanol–water partition coefficient (Wildman–Crippen LogP) is 3.05. The van der Waals surface area contributed by atoms with Gasteiger partial charge in [0, 0.05) is 23.0 Å². The van der Waals surface area contributed by atoms with E-state index < -0.39 is 0 Å². The van der Waals surface area contributed by atoms with Crippen LogP contribution >= 0.6 is 0 Å². The summed E-state index contributed by atoms with van der Waals surface area (Å²) in [5.74, 6) is -0.278. The van der Waals surface area contributed by atoms with Crippen molar-refractivity contribution in [2.75, 3.05) is 12.3 Å². The van der Waals surface area contributed by atoms with Gasteiger partial charge in [-0.1, -0.05) is 6.07 Å². The number of ether oxygens (including phenoxy) is 1. The Morgan fingerprint density at radius 2 is 1.95 bits per heavy atom. The molecule has 4 heteroatoms. The Hall–Kier alpha value is -2.36. The zero-order chi connectivity index (χ0) is 15.4. The van der Waals surface area contributed by atoms with Gasteiger partial charge in [-0.3, -0.25) is 9.78 Å². The molecule has 0 radical (unpaired) electrons. The SMILES string of the molecule is CCOC(=O)Cc1ncccc1-c1cc(C)c(C)cc1N. The van der Waals surface area contributed by atoms with Crippen LogP contribution in [0.2, 0.25) is 0 Å². The summed E-state index contributed by atoms with van der Waals surface area (Å²) in [5, 5.41) is 0. The van der Waals surface area contributed by atoms with E-state index in [1.54, 1.807) is 13.1 Å². The Kier molecular flexibility index (Phi) is 4.58. The highest BCUT2D eigenvalue weighted by Crippen LogP contribution is 2.30. The average Bonchev–Trinajstić information content (AvgIpc) is 2.44. The molecule has 2 aromatic rings. The summed E-state index contributed by atoms with van der Waals surface area (Å²) in [5.41, 5.74) is 11.6. The highest BCUT2D eigenvalue weighted by atomic mass is 16.5. The van der Waals surface area contributed by atoms with Gasteiger partial charge in [-0.05, 0) is 50.1 Å². The highest BCUT2D eigenvalue weighted by Gasteiger charge is 2.14. The van der Waals surface area contributed by atoms with Crippen LogP contribution in [0.15, 0.2) is 30.5 Å². The van der Waals surface area contributed by atoms with Crippen LogP contribution in [-0.4, -0.2) is 17.6 Å². The maximum atomic E-state index is 11.7. The largest absolute Gasteiger partial charge is 0.466 e. The molecule has 4 nitrogen and oxygen atoms in total. The van der Waals surface area contributed by atoms with Crippen molar-refractivity contribution in [1.82, 2.24) is 4.98 Å². The summed E-state index contributed by atoms with van der Waals surface area (Å²) in [6.45, 7) is 6.23. The third kappa shape index (κ3) is 3.40. The monoisotopic (exact) mass is 284 g/mol. The molecule has 0 bridgehead atoms. The van der Waals surface area contributed by atoms with Crippen molar-refractivity contribution in [3.8, 4) is 11.1 Å². The first-order valence-electron chi connectivity index (χ1n) is 6.99. The Morgan fingerprint density at radius 3 is 2.67 bits per heavy atom. The number of hydrogen-bond acceptors (Lipinski definition) is 4. The lowest BCUT2D eigenvalue weighted by Crippen LogP contribution is -2.10. The zero-order valence-corrected chi connectivity index (χ0v) is 12.6. The molecule has 1 heterocycles. The first kappa shape index (κ1) is 15.0. The van der Waals surface area contributed by atoms with Gasteiger partial charge in [0.05, 0.1) is 18.7 Å². The quantitative estimate of drug-likeness (QED) is 0.692. The van der Waals surface area contributed by atoms with Crippen molar-refractivity contribution in [3.63, 3.8) is 0 Å². The van der Waals surface area contributed by atoms with E-state index in [2.05, 4.69) is 4.98 Å². The van der Waals surface area contributed by atoms with Gasteiger partial charge in [-0.25, -0.2) is 0 Å². The van der Waals surface area contributed by atoms with E-state index in [0.717, 1.165) is 22.3 Å². The van der Waals surface area contributed by atoms with Crippen LogP contribution in [0.4, 0.5) is 5.69 Å². The molecule has 0 fully saturated rings. The fourth-order valence-electron chi connectivity index (χ4n) is 2.24. The fourth-order valence-corrected chi connectivity index (χ4v) is 2.24. The molecular formula is C17H20N2O2. The number of nitrogens with zero attached hydrogens (tertiary/aromatic N) is 1. The number of rotatable bonds is 4. The number of hydrogen-bond donors (Lipinski definition) is 1. The van der Waals surface area contributed by atoms with Gasteiger partial charge in [0.25, 0.3) is 0 Å². The van der Waals surface area contributed by atoms with Crippen molar-refractivity contribution in [2.45, 2.75) is 27.2 Å². The number of nitrogen functional groups attached to an aromatic ring is 1. The van der Waals surface area contributed by atoms with Gasteiger partial charge < -0.3 is 10.5 Å². The number of benzene rings is 1. The topological polar surface area (TPSA) is 65.2 Å². The Bertz CT molecular complexity index is 666. The van der Waals surface area contributed by atoms with Crippen LogP contribution in [0.5, 0.6) is 0 Å². The highest BCUT2D eigenvalue weighted by molar-refractivity contribution is 5.82. The minimum Gasteiger partial charge on any atom is -0.466 e. The number of nitrogens with two attached hydrogens (primary N) is 1. The summed E-state index contributed by atoms with van der Waals surface area (Å²) >= 11 is 0. The molecule has 0 aliphatic carbocycles. The molecule has 2 rings (SSSR count). The third-order valence-electron chi connectivity index (χ3n) is 3.46. The maximum absolute atomic E-state index is 11.7. The Balaban J connectivity index is 2.45. The Labute approximate surface area is 125 Å². The molecule has 2 N–H and O–H groups in total. The molecule has 21 heavy (non-hydrogen) atoms. The van der Waals surface area contributed by atoms with Crippen LogP contribution in [0.25, 0.3) is 11.1 Å². The molecule has 1 aromatic heterocycles. The van der Waals surface area contributed by atoms with Gasteiger partial charge in [-0.2, -0.15) is 0 Å². The van der Waals surface area contributed by atoms with E-state index in [-0.39, 0.29) is 12.4 Å².